The maximum absolute atomic E-state index is 4.27. The summed E-state index contributed by atoms with van der Waals surface area (Å²) in [4.78, 5) is 2.48. The van der Waals surface area contributed by atoms with Crippen molar-refractivity contribution in [2.24, 2.45) is 5.92 Å². The van der Waals surface area contributed by atoms with E-state index < -0.39 is 0 Å². The number of hydrogen-bond donors (Lipinski definition) is 0. The molecule has 4 heteroatoms. The van der Waals surface area contributed by atoms with Crippen LogP contribution in [0.4, 0.5) is 0 Å². The molecule has 0 aromatic carbocycles. The molecule has 0 amide bonds. The first-order valence-electron chi connectivity index (χ1n) is 6.72. The van der Waals surface area contributed by atoms with Gasteiger partial charge in [-0.3, -0.25) is 4.90 Å². The van der Waals surface area contributed by atoms with Crippen molar-refractivity contribution in [3.8, 4) is 0 Å². The van der Waals surface area contributed by atoms with Gasteiger partial charge in [0.15, 0.2) is 0 Å². The van der Waals surface area contributed by atoms with Crippen molar-refractivity contribution >= 4 is 11.3 Å². The molecule has 0 aliphatic heterocycles. The number of aromatic nitrogens is 2. The molecule has 2 atom stereocenters. The summed E-state index contributed by atoms with van der Waals surface area (Å²) in [6.45, 7) is 5.49. The lowest BCUT2D eigenvalue weighted by atomic mass is 9.85. The molecule has 2 rings (SSSR count). The Hall–Kier alpha value is -0.480. The molecule has 1 aromatic heterocycles. The first-order valence-corrected chi connectivity index (χ1v) is 7.53. The van der Waals surface area contributed by atoms with Gasteiger partial charge in [0.05, 0.1) is 6.54 Å². The molecule has 1 aliphatic rings. The molecule has 1 fully saturated rings. The number of nitrogens with zero attached hydrogens (tertiary/aromatic N) is 3. The Labute approximate surface area is 108 Å². The van der Waals surface area contributed by atoms with E-state index in [1.165, 1.54) is 30.7 Å². The maximum Gasteiger partial charge on any atom is 0.131 e. The highest BCUT2D eigenvalue weighted by atomic mass is 32.1. The van der Waals surface area contributed by atoms with Crippen LogP contribution in [0.1, 0.15) is 49.5 Å². The molecule has 0 N–H and O–H groups in total. The van der Waals surface area contributed by atoms with Crippen LogP contribution in [0.5, 0.6) is 0 Å². The van der Waals surface area contributed by atoms with Gasteiger partial charge in [-0.05, 0) is 32.2 Å². The molecule has 0 bridgehead atoms. The quantitative estimate of drug-likeness (QED) is 0.825. The lowest BCUT2D eigenvalue weighted by Crippen LogP contribution is -2.38. The van der Waals surface area contributed by atoms with E-state index in [0.717, 1.165) is 29.9 Å². The second-order valence-corrected chi connectivity index (χ2v) is 6.33. The van der Waals surface area contributed by atoms with Crippen molar-refractivity contribution < 1.29 is 0 Å². The van der Waals surface area contributed by atoms with Gasteiger partial charge in [0.1, 0.15) is 10.0 Å². The fourth-order valence-electron chi connectivity index (χ4n) is 2.78. The summed E-state index contributed by atoms with van der Waals surface area (Å²) in [5.74, 6) is 0.826. The zero-order valence-corrected chi connectivity index (χ0v) is 12.0. The van der Waals surface area contributed by atoms with Gasteiger partial charge in [-0.25, -0.2) is 0 Å². The fourth-order valence-corrected chi connectivity index (χ4v) is 3.63. The highest BCUT2D eigenvalue weighted by Gasteiger charge is 2.25. The molecule has 1 aliphatic carbocycles. The van der Waals surface area contributed by atoms with Gasteiger partial charge < -0.3 is 0 Å². The number of aryl methyl sites for hydroxylation is 1. The average Bonchev–Trinajstić information content (AvgIpc) is 2.77. The van der Waals surface area contributed by atoms with Gasteiger partial charge in [0.2, 0.25) is 0 Å². The minimum atomic E-state index is 0.734. The van der Waals surface area contributed by atoms with E-state index in [0.29, 0.717) is 0 Å². The van der Waals surface area contributed by atoms with Crippen LogP contribution in [0.2, 0.25) is 0 Å². The van der Waals surface area contributed by atoms with Gasteiger partial charge >= 0.3 is 0 Å². The predicted octanol–water partition coefficient (Wildman–Crippen LogP) is 3.11. The molecule has 0 radical (unpaired) electrons. The third-order valence-corrected chi connectivity index (χ3v) is 4.88. The normalized spacial score (nSPS) is 25.4. The second-order valence-electron chi connectivity index (χ2n) is 5.19. The van der Waals surface area contributed by atoms with Crippen LogP contribution in [0.15, 0.2) is 0 Å². The third-order valence-electron chi connectivity index (χ3n) is 3.83. The predicted molar refractivity (Wildman–Crippen MR) is 72.2 cm³/mol. The van der Waals surface area contributed by atoms with E-state index in [2.05, 4.69) is 36.0 Å². The Kier molecular flexibility index (Phi) is 4.51. The molecule has 1 aromatic rings. The zero-order chi connectivity index (χ0) is 12.3. The molecule has 0 spiro atoms. The van der Waals surface area contributed by atoms with Gasteiger partial charge in [-0.2, -0.15) is 0 Å². The number of hydrogen-bond acceptors (Lipinski definition) is 4. The van der Waals surface area contributed by atoms with Crippen LogP contribution >= 0.6 is 11.3 Å². The molecule has 1 saturated carbocycles. The first kappa shape index (κ1) is 13.0. The lowest BCUT2D eigenvalue weighted by molar-refractivity contribution is 0.133. The fraction of sp³-hybridized carbons (Fsp3) is 0.846. The largest absolute Gasteiger partial charge is 0.296 e. The van der Waals surface area contributed by atoms with Crippen molar-refractivity contribution in [2.45, 2.75) is 58.5 Å². The lowest BCUT2D eigenvalue weighted by Gasteiger charge is -2.35. The SMILES string of the molecule is CCc1nnc(CN(C)[C@@H]2CCCC[C@@H]2C)s1. The number of rotatable bonds is 4. The monoisotopic (exact) mass is 253 g/mol. The van der Waals surface area contributed by atoms with E-state index in [4.69, 9.17) is 0 Å². The Balaban J connectivity index is 1.93. The minimum absolute atomic E-state index is 0.734. The maximum atomic E-state index is 4.27. The molecular weight excluding hydrogens is 230 g/mol. The van der Waals surface area contributed by atoms with E-state index in [-0.39, 0.29) is 0 Å². The van der Waals surface area contributed by atoms with Gasteiger partial charge in [0.25, 0.3) is 0 Å². The smallest absolute Gasteiger partial charge is 0.131 e. The van der Waals surface area contributed by atoms with Gasteiger partial charge in [-0.15, -0.1) is 21.5 Å². The highest BCUT2D eigenvalue weighted by Crippen LogP contribution is 2.28. The van der Waals surface area contributed by atoms with Gasteiger partial charge in [-0.1, -0.05) is 26.7 Å². The topological polar surface area (TPSA) is 29.0 Å². The Bertz CT molecular complexity index is 350. The van der Waals surface area contributed by atoms with Crippen LogP contribution in [-0.4, -0.2) is 28.2 Å². The van der Waals surface area contributed by atoms with Crippen LogP contribution in [0.25, 0.3) is 0 Å². The second kappa shape index (κ2) is 5.91. The van der Waals surface area contributed by atoms with Crippen molar-refractivity contribution in [1.29, 1.82) is 0 Å². The summed E-state index contributed by atoms with van der Waals surface area (Å²) < 4.78 is 0. The van der Waals surface area contributed by atoms with E-state index in [1.807, 2.05) is 0 Å². The molecule has 1 heterocycles. The van der Waals surface area contributed by atoms with Crippen LogP contribution in [0.3, 0.4) is 0 Å². The van der Waals surface area contributed by atoms with Crippen molar-refractivity contribution in [3.63, 3.8) is 0 Å². The Morgan fingerprint density at radius 1 is 1.24 bits per heavy atom. The summed E-state index contributed by atoms with van der Waals surface area (Å²) in [6.07, 6.45) is 6.52. The van der Waals surface area contributed by atoms with Crippen molar-refractivity contribution in [1.82, 2.24) is 15.1 Å². The zero-order valence-electron chi connectivity index (χ0n) is 11.1. The Morgan fingerprint density at radius 3 is 2.59 bits per heavy atom. The average molecular weight is 253 g/mol. The third kappa shape index (κ3) is 3.26. The molecular formula is C13H23N3S. The van der Waals surface area contributed by atoms with Crippen LogP contribution in [-0.2, 0) is 13.0 Å². The summed E-state index contributed by atoms with van der Waals surface area (Å²) in [7, 11) is 2.24. The van der Waals surface area contributed by atoms with E-state index >= 15 is 0 Å². The summed E-state index contributed by atoms with van der Waals surface area (Å²) in [6, 6.07) is 0.734. The minimum Gasteiger partial charge on any atom is -0.296 e. The summed E-state index contributed by atoms with van der Waals surface area (Å²) in [5.41, 5.74) is 0. The molecule has 3 nitrogen and oxygen atoms in total. The first-order chi connectivity index (χ1) is 8.20. The summed E-state index contributed by atoms with van der Waals surface area (Å²) in [5, 5.41) is 10.8. The highest BCUT2D eigenvalue weighted by molar-refractivity contribution is 7.11. The van der Waals surface area contributed by atoms with Crippen molar-refractivity contribution in [3.05, 3.63) is 10.0 Å². The standard InChI is InChI=1S/C13H23N3S/c1-4-12-14-15-13(17-12)9-16(3)11-8-6-5-7-10(11)2/h10-11H,4-9H2,1-3H3/t10-,11+/m0/s1. The van der Waals surface area contributed by atoms with E-state index in [9.17, 15) is 0 Å². The molecule has 17 heavy (non-hydrogen) atoms. The van der Waals surface area contributed by atoms with Gasteiger partial charge in [0, 0.05) is 6.04 Å². The van der Waals surface area contributed by atoms with Crippen molar-refractivity contribution in [2.75, 3.05) is 7.05 Å². The molecule has 96 valence electrons. The van der Waals surface area contributed by atoms with Crippen LogP contribution < -0.4 is 0 Å². The molecule has 0 saturated heterocycles. The Morgan fingerprint density at radius 2 is 1.94 bits per heavy atom. The van der Waals surface area contributed by atoms with Crippen LogP contribution in [0, 0.1) is 5.92 Å². The molecule has 0 unspecified atom stereocenters. The van der Waals surface area contributed by atoms with E-state index in [1.54, 1.807) is 11.3 Å². The summed E-state index contributed by atoms with van der Waals surface area (Å²) >= 11 is 1.76.